The van der Waals surface area contributed by atoms with Gasteiger partial charge in [0.1, 0.15) is 6.61 Å². The van der Waals surface area contributed by atoms with Crippen LogP contribution in [-0.4, -0.2) is 19.0 Å². The Balaban J connectivity index is 2.29. The Kier molecular flexibility index (Phi) is 1.60. The Hall–Kier alpha value is -1.31. The number of nitrogens with zero attached hydrogens (tertiary/aromatic N) is 1. The molecule has 1 radical (unpaired) electrons. The Bertz CT molecular complexity index is 266. The van der Waals surface area contributed by atoms with Gasteiger partial charge in [0.15, 0.2) is 0 Å². The third-order valence-electron chi connectivity index (χ3n) is 1.52. The van der Waals surface area contributed by atoms with Crippen LogP contribution in [0, 0.1) is 6.07 Å². The van der Waals surface area contributed by atoms with Crippen molar-refractivity contribution in [1.82, 2.24) is 0 Å². The molecule has 0 unspecified atom stereocenters. The number of aliphatic imine (C=N–C) groups is 1. The Morgan fingerprint density at radius 1 is 1.45 bits per heavy atom. The maximum atomic E-state index is 5.26. The second-order valence-corrected chi connectivity index (χ2v) is 2.31. The second-order valence-electron chi connectivity index (χ2n) is 2.31. The summed E-state index contributed by atoms with van der Waals surface area (Å²) in [6.45, 7) is 1.48. The number of hydrogen-bond donors (Lipinski definition) is 0. The first kappa shape index (κ1) is 6.40. The molecule has 1 heterocycles. The molecule has 2 rings (SSSR count). The summed E-state index contributed by atoms with van der Waals surface area (Å²) in [5, 5.41) is 0. The Labute approximate surface area is 65.5 Å². The molecule has 0 atom stereocenters. The molecule has 2 nitrogen and oxygen atoms in total. The van der Waals surface area contributed by atoms with Crippen molar-refractivity contribution >= 4 is 5.90 Å². The molecule has 1 aliphatic heterocycles. The van der Waals surface area contributed by atoms with E-state index in [1.54, 1.807) is 0 Å². The van der Waals surface area contributed by atoms with Crippen LogP contribution in [0.2, 0.25) is 0 Å². The van der Waals surface area contributed by atoms with E-state index in [1.807, 2.05) is 24.3 Å². The largest absolute Gasteiger partial charge is 0.475 e. The minimum Gasteiger partial charge on any atom is -0.475 e. The lowest BCUT2D eigenvalue weighted by atomic mass is 10.2. The highest BCUT2D eigenvalue weighted by atomic mass is 16.5. The summed E-state index contributed by atoms with van der Waals surface area (Å²) < 4.78 is 5.26. The van der Waals surface area contributed by atoms with E-state index >= 15 is 0 Å². The molecule has 11 heavy (non-hydrogen) atoms. The SMILES string of the molecule is [c]1ccccc1C1=NCCO1. The van der Waals surface area contributed by atoms with Gasteiger partial charge in [-0.1, -0.05) is 18.2 Å². The van der Waals surface area contributed by atoms with E-state index in [0.717, 1.165) is 18.0 Å². The summed E-state index contributed by atoms with van der Waals surface area (Å²) >= 11 is 0. The number of ether oxygens (including phenoxy) is 1. The van der Waals surface area contributed by atoms with Crippen molar-refractivity contribution in [2.45, 2.75) is 0 Å². The van der Waals surface area contributed by atoms with Crippen molar-refractivity contribution in [1.29, 1.82) is 0 Å². The van der Waals surface area contributed by atoms with Gasteiger partial charge in [-0.05, 0) is 12.1 Å². The zero-order chi connectivity index (χ0) is 7.52. The van der Waals surface area contributed by atoms with Crippen molar-refractivity contribution in [2.75, 3.05) is 13.2 Å². The van der Waals surface area contributed by atoms with Crippen molar-refractivity contribution in [2.24, 2.45) is 4.99 Å². The van der Waals surface area contributed by atoms with E-state index in [0.29, 0.717) is 6.61 Å². The van der Waals surface area contributed by atoms with E-state index in [1.165, 1.54) is 0 Å². The topological polar surface area (TPSA) is 21.6 Å². The Morgan fingerprint density at radius 2 is 2.45 bits per heavy atom. The molecule has 0 N–H and O–H groups in total. The summed E-state index contributed by atoms with van der Waals surface area (Å²) in [5.74, 6) is 0.727. The van der Waals surface area contributed by atoms with Crippen LogP contribution in [0.15, 0.2) is 29.3 Å². The fourth-order valence-electron chi connectivity index (χ4n) is 1.02. The van der Waals surface area contributed by atoms with Crippen LogP contribution >= 0.6 is 0 Å². The van der Waals surface area contributed by atoms with E-state index in [-0.39, 0.29) is 0 Å². The fourth-order valence-corrected chi connectivity index (χ4v) is 1.02. The van der Waals surface area contributed by atoms with Crippen LogP contribution in [0.1, 0.15) is 5.56 Å². The highest BCUT2D eigenvalue weighted by Crippen LogP contribution is 2.05. The van der Waals surface area contributed by atoms with Gasteiger partial charge in [0.2, 0.25) is 5.90 Å². The first-order valence-corrected chi connectivity index (χ1v) is 3.61. The highest BCUT2D eigenvalue weighted by Gasteiger charge is 2.08. The molecule has 0 amide bonds. The fraction of sp³-hybridized carbons (Fsp3) is 0.222. The average molecular weight is 146 g/mol. The average Bonchev–Trinajstić information content (AvgIpc) is 2.58. The minimum atomic E-state index is 0.706. The minimum absolute atomic E-state index is 0.706. The molecule has 0 aliphatic carbocycles. The van der Waals surface area contributed by atoms with E-state index in [9.17, 15) is 0 Å². The van der Waals surface area contributed by atoms with Gasteiger partial charge in [0, 0.05) is 5.56 Å². The predicted molar refractivity (Wildman–Crippen MR) is 42.6 cm³/mol. The summed E-state index contributed by atoms with van der Waals surface area (Å²) in [6.07, 6.45) is 0. The molecule has 0 saturated heterocycles. The monoisotopic (exact) mass is 146 g/mol. The third-order valence-corrected chi connectivity index (χ3v) is 1.52. The lowest BCUT2D eigenvalue weighted by Crippen LogP contribution is -2.00. The maximum absolute atomic E-state index is 5.26. The van der Waals surface area contributed by atoms with Gasteiger partial charge in [-0.2, -0.15) is 0 Å². The molecule has 1 aromatic carbocycles. The van der Waals surface area contributed by atoms with Crippen molar-refractivity contribution < 1.29 is 4.74 Å². The first-order valence-electron chi connectivity index (χ1n) is 3.61. The number of benzene rings is 1. The van der Waals surface area contributed by atoms with Gasteiger partial charge in [-0.15, -0.1) is 0 Å². The Morgan fingerprint density at radius 3 is 3.09 bits per heavy atom. The van der Waals surface area contributed by atoms with Crippen LogP contribution in [0.3, 0.4) is 0 Å². The van der Waals surface area contributed by atoms with Gasteiger partial charge in [0.05, 0.1) is 6.54 Å². The molecule has 0 saturated carbocycles. The van der Waals surface area contributed by atoms with E-state index in [4.69, 9.17) is 4.74 Å². The number of rotatable bonds is 1. The summed E-state index contributed by atoms with van der Waals surface area (Å²) in [4.78, 5) is 4.17. The molecule has 0 spiro atoms. The van der Waals surface area contributed by atoms with Crippen LogP contribution < -0.4 is 0 Å². The van der Waals surface area contributed by atoms with Crippen molar-refractivity contribution in [3.8, 4) is 0 Å². The standard InChI is InChI=1S/C9H8NO/c1-2-4-8(5-3-1)9-10-6-7-11-9/h1-4H,6-7H2. The lowest BCUT2D eigenvalue weighted by molar-refractivity contribution is 0.348. The van der Waals surface area contributed by atoms with Gasteiger partial charge in [-0.3, -0.25) is 0 Å². The quantitative estimate of drug-likeness (QED) is 0.584. The first-order chi connectivity index (χ1) is 5.47. The van der Waals surface area contributed by atoms with Gasteiger partial charge < -0.3 is 4.74 Å². The van der Waals surface area contributed by atoms with Crippen LogP contribution in [0.5, 0.6) is 0 Å². The summed E-state index contributed by atoms with van der Waals surface area (Å²) in [6, 6.07) is 10.7. The van der Waals surface area contributed by atoms with Crippen molar-refractivity contribution in [3.63, 3.8) is 0 Å². The summed E-state index contributed by atoms with van der Waals surface area (Å²) in [5.41, 5.74) is 0.949. The van der Waals surface area contributed by atoms with Crippen LogP contribution in [-0.2, 0) is 4.74 Å². The molecule has 1 aromatic rings. The smallest absolute Gasteiger partial charge is 0.216 e. The zero-order valence-corrected chi connectivity index (χ0v) is 6.08. The second kappa shape index (κ2) is 2.74. The number of hydrogen-bond acceptors (Lipinski definition) is 2. The van der Waals surface area contributed by atoms with Crippen LogP contribution in [0.25, 0.3) is 0 Å². The third kappa shape index (κ3) is 1.24. The van der Waals surface area contributed by atoms with E-state index < -0.39 is 0 Å². The van der Waals surface area contributed by atoms with E-state index in [2.05, 4.69) is 11.1 Å². The molecular weight excluding hydrogens is 138 g/mol. The molecular formula is C9H8NO. The maximum Gasteiger partial charge on any atom is 0.216 e. The predicted octanol–water partition coefficient (Wildman–Crippen LogP) is 1.26. The molecule has 0 fully saturated rings. The molecule has 55 valence electrons. The normalized spacial score (nSPS) is 15.8. The van der Waals surface area contributed by atoms with Crippen molar-refractivity contribution in [3.05, 3.63) is 35.9 Å². The summed E-state index contributed by atoms with van der Waals surface area (Å²) in [7, 11) is 0. The lowest BCUT2D eigenvalue weighted by Gasteiger charge is -1.98. The van der Waals surface area contributed by atoms with Gasteiger partial charge in [-0.25, -0.2) is 4.99 Å². The molecule has 2 heteroatoms. The molecule has 0 aromatic heterocycles. The van der Waals surface area contributed by atoms with Gasteiger partial charge in [0.25, 0.3) is 0 Å². The van der Waals surface area contributed by atoms with Gasteiger partial charge >= 0.3 is 0 Å². The van der Waals surface area contributed by atoms with Crippen LogP contribution in [0.4, 0.5) is 0 Å². The highest BCUT2D eigenvalue weighted by molar-refractivity contribution is 5.94. The molecule has 1 aliphatic rings. The molecule has 0 bridgehead atoms. The zero-order valence-electron chi connectivity index (χ0n) is 6.08.